The van der Waals surface area contributed by atoms with Crippen LogP contribution < -0.4 is 10.5 Å². The molecule has 1 aromatic heterocycles. The number of anilines is 1. The van der Waals surface area contributed by atoms with Crippen LogP contribution in [-0.4, -0.2) is 11.2 Å². The molecule has 0 saturated heterocycles. The Labute approximate surface area is 132 Å². The second-order valence-corrected chi connectivity index (χ2v) is 5.76. The molecule has 0 atom stereocenters. The van der Waals surface area contributed by atoms with Crippen LogP contribution in [0.15, 0.2) is 53.1 Å². The second kappa shape index (κ2) is 5.82. The van der Waals surface area contributed by atoms with Gasteiger partial charge in [0.05, 0.1) is 13.2 Å². The van der Waals surface area contributed by atoms with Gasteiger partial charge in [-0.15, -0.1) is 0 Å². The Bertz CT molecular complexity index is 759. The topological polar surface area (TPSA) is 40.2 Å². The lowest BCUT2D eigenvalue weighted by atomic mass is 10.2. The predicted molar refractivity (Wildman–Crippen MR) is 90.8 cm³/mol. The van der Waals surface area contributed by atoms with E-state index >= 15 is 0 Å². The summed E-state index contributed by atoms with van der Waals surface area (Å²) < 4.78 is 8.78. The van der Waals surface area contributed by atoms with Gasteiger partial charge >= 0.3 is 0 Å². The van der Waals surface area contributed by atoms with E-state index in [1.54, 1.807) is 0 Å². The Balaban J connectivity index is 1.98. The second-order valence-electron chi connectivity index (χ2n) is 4.90. The van der Waals surface area contributed by atoms with Gasteiger partial charge in [-0.3, -0.25) is 0 Å². The van der Waals surface area contributed by atoms with Crippen LogP contribution in [0.5, 0.6) is 5.75 Å². The highest BCUT2D eigenvalue weighted by molar-refractivity contribution is 9.10. The molecule has 1 heterocycles. The van der Waals surface area contributed by atoms with Crippen LogP contribution in [0.3, 0.4) is 0 Å². The smallest absolute Gasteiger partial charge is 0.120 e. The van der Waals surface area contributed by atoms with Gasteiger partial charge in [0.1, 0.15) is 5.75 Å². The first-order chi connectivity index (χ1) is 10.2. The molecule has 108 valence electrons. The standard InChI is InChI=1S/C17H17BrN2O/c1-2-21-13-6-7-17-12(10-13)8-9-20(17)11-14-15(18)4-3-5-16(14)19/h3-10H,2,11,19H2,1H3. The minimum Gasteiger partial charge on any atom is -0.494 e. The zero-order valence-electron chi connectivity index (χ0n) is 11.8. The van der Waals surface area contributed by atoms with Crippen molar-refractivity contribution in [2.45, 2.75) is 13.5 Å². The summed E-state index contributed by atoms with van der Waals surface area (Å²) in [7, 11) is 0. The van der Waals surface area contributed by atoms with E-state index in [1.807, 2.05) is 31.2 Å². The lowest BCUT2D eigenvalue weighted by Gasteiger charge is -2.11. The average molecular weight is 345 g/mol. The van der Waals surface area contributed by atoms with E-state index in [9.17, 15) is 0 Å². The molecular weight excluding hydrogens is 328 g/mol. The molecule has 3 aromatic rings. The average Bonchev–Trinajstić information content (AvgIpc) is 2.86. The van der Waals surface area contributed by atoms with E-state index in [1.165, 1.54) is 10.9 Å². The third-order valence-electron chi connectivity index (χ3n) is 3.54. The summed E-state index contributed by atoms with van der Waals surface area (Å²) in [5, 5.41) is 1.17. The number of rotatable bonds is 4. The molecule has 2 aromatic carbocycles. The Hall–Kier alpha value is -1.94. The quantitative estimate of drug-likeness (QED) is 0.711. The van der Waals surface area contributed by atoms with Crippen molar-refractivity contribution in [3.05, 3.63) is 58.7 Å². The first-order valence-corrected chi connectivity index (χ1v) is 7.73. The molecule has 21 heavy (non-hydrogen) atoms. The molecule has 0 saturated carbocycles. The number of hydrogen-bond donors (Lipinski definition) is 1. The van der Waals surface area contributed by atoms with Gasteiger partial charge in [-0.05, 0) is 43.3 Å². The molecule has 0 spiro atoms. The maximum absolute atomic E-state index is 6.08. The van der Waals surface area contributed by atoms with Crippen molar-refractivity contribution in [3.8, 4) is 5.75 Å². The van der Waals surface area contributed by atoms with Crippen molar-refractivity contribution in [1.82, 2.24) is 4.57 Å². The first-order valence-electron chi connectivity index (χ1n) is 6.93. The number of hydrogen-bond acceptors (Lipinski definition) is 2. The fourth-order valence-electron chi connectivity index (χ4n) is 2.49. The number of halogens is 1. The molecule has 2 N–H and O–H groups in total. The summed E-state index contributed by atoms with van der Waals surface area (Å²) in [5.41, 5.74) is 9.16. The minimum atomic E-state index is 0.680. The number of fused-ring (bicyclic) bond motifs is 1. The van der Waals surface area contributed by atoms with Crippen molar-refractivity contribution in [3.63, 3.8) is 0 Å². The maximum Gasteiger partial charge on any atom is 0.120 e. The van der Waals surface area contributed by atoms with Crippen LogP contribution in [0.4, 0.5) is 5.69 Å². The summed E-state index contributed by atoms with van der Waals surface area (Å²) in [4.78, 5) is 0. The van der Waals surface area contributed by atoms with Crippen LogP contribution in [0.2, 0.25) is 0 Å². The molecule has 0 amide bonds. The molecule has 3 nitrogen and oxygen atoms in total. The molecule has 0 aliphatic rings. The number of ether oxygens (including phenoxy) is 1. The van der Waals surface area contributed by atoms with E-state index in [0.717, 1.165) is 28.0 Å². The van der Waals surface area contributed by atoms with Gasteiger partial charge < -0.3 is 15.0 Å². The molecule has 3 rings (SSSR count). The largest absolute Gasteiger partial charge is 0.494 e. The van der Waals surface area contributed by atoms with Crippen LogP contribution in [0, 0.1) is 0 Å². The lowest BCUT2D eigenvalue weighted by molar-refractivity contribution is 0.340. The predicted octanol–water partition coefficient (Wildman–Crippen LogP) is 4.43. The van der Waals surface area contributed by atoms with Gasteiger partial charge in [0.25, 0.3) is 0 Å². The normalized spacial score (nSPS) is 11.0. The molecule has 0 aliphatic heterocycles. The Morgan fingerprint density at radius 3 is 2.81 bits per heavy atom. The molecule has 0 radical (unpaired) electrons. The van der Waals surface area contributed by atoms with Crippen LogP contribution in [0.25, 0.3) is 10.9 Å². The van der Waals surface area contributed by atoms with Crippen LogP contribution in [0.1, 0.15) is 12.5 Å². The summed E-state index contributed by atoms with van der Waals surface area (Å²) in [5.74, 6) is 0.906. The number of benzene rings is 2. The van der Waals surface area contributed by atoms with Crippen LogP contribution >= 0.6 is 15.9 Å². The number of nitrogen functional groups attached to an aromatic ring is 1. The van der Waals surface area contributed by atoms with Gasteiger partial charge in [-0.1, -0.05) is 22.0 Å². The van der Waals surface area contributed by atoms with E-state index in [0.29, 0.717) is 6.61 Å². The summed E-state index contributed by atoms with van der Waals surface area (Å²) in [6.45, 7) is 3.41. The van der Waals surface area contributed by atoms with Gasteiger partial charge in [0.2, 0.25) is 0 Å². The van der Waals surface area contributed by atoms with Crippen molar-refractivity contribution < 1.29 is 4.74 Å². The Kier molecular flexibility index (Phi) is 3.88. The molecule has 0 unspecified atom stereocenters. The van der Waals surface area contributed by atoms with Crippen LogP contribution in [-0.2, 0) is 6.54 Å². The van der Waals surface area contributed by atoms with Gasteiger partial charge in [0.15, 0.2) is 0 Å². The van der Waals surface area contributed by atoms with E-state index in [-0.39, 0.29) is 0 Å². The van der Waals surface area contributed by atoms with E-state index in [4.69, 9.17) is 10.5 Å². The first kappa shape index (κ1) is 14.0. The molecule has 0 aliphatic carbocycles. The Morgan fingerprint density at radius 2 is 2.05 bits per heavy atom. The van der Waals surface area contributed by atoms with E-state index in [2.05, 4.69) is 44.9 Å². The van der Waals surface area contributed by atoms with Crippen molar-refractivity contribution in [2.24, 2.45) is 0 Å². The number of nitrogens with two attached hydrogens (primary N) is 1. The SMILES string of the molecule is CCOc1ccc2c(ccn2Cc2c(N)cccc2Br)c1. The number of aromatic nitrogens is 1. The molecule has 0 fully saturated rings. The third-order valence-corrected chi connectivity index (χ3v) is 4.28. The maximum atomic E-state index is 6.08. The summed E-state index contributed by atoms with van der Waals surface area (Å²) in [6, 6.07) is 14.2. The summed E-state index contributed by atoms with van der Waals surface area (Å²) in [6.07, 6.45) is 2.08. The molecule has 4 heteroatoms. The zero-order chi connectivity index (χ0) is 14.8. The van der Waals surface area contributed by atoms with Gasteiger partial charge in [-0.25, -0.2) is 0 Å². The van der Waals surface area contributed by atoms with Crippen molar-refractivity contribution >= 4 is 32.5 Å². The fraction of sp³-hybridized carbons (Fsp3) is 0.176. The zero-order valence-corrected chi connectivity index (χ0v) is 13.4. The highest BCUT2D eigenvalue weighted by Crippen LogP contribution is 2.27. The molecule has 0 bridgehead atoms. The fourth-order valence-corrected chi connectivity index (χ4v) is 2.99. The van der Waals surface area contributed by atoms with Crippen molar-refractivity contribution in [1.29, 1.82) is 0 Å². The summed E-state index contributed by atoms with van der Waals surface area (Å²) >= 11 is 3.58. The van der Waals surface area contributed by atoms with Gasteiger partial charge in [0, 0.05) is 32.8 Å². The highest BCUT2D eigenvalue weighted by atomic mass is 79.9. The molecular formula is C17H17BrN2O. The monoisotopic (exact) mass is 344 g/mol. The minimum absolute atomic E-state index is 0.680. The third kappa shape index (κ3) is 2.76. The lowest BCUT2D eigenvalue weighted by Crippen LogP contribution is -2.02. The van der Waals surface area contributed by atoms with Gasteiger partial charge in [-0.2, -0.15) is 0 Å². The highest BCUT2D eigenvalue weighted by Gasteiger charge is 2.08. The Morgan fingerprint density at radius 1 is 1.19 bits per heavy atom. The van der Waals surface area contributed by atoms with Crippen molar-refractivity contribution in [2.75, 3.05) is 12.3 Å². The number of nitrogens with zero attached hydrogens (tertiary/aromatic N) is 1. The van der Waals surface area contributed by atoms with E-state index < -0.39 is 0 Å².